The minimum Gasteiger partial charge on any atom is -0.472 e. The van der Waals surface area contributed by atoms with Gasteiger partial charge in [-0.25, -0.2) is 9.97 Å². The van der Waals surface area contributed by atoms with E-state index in [0.717, 1.165) is 38.3 Å². The zero-order valence-electron chi connectivity index (χ0n) is 32.2. The number of carbonyl (C=O) groups excluding carboxylic acids is 6. The molecule has 5 atom stereocenters. The van der Waals surface area contributed by atoms with Crippen LogP contribution in [0.1, 0.15) is 102 Å². The number of nitrogens with one attached hydrogen (secondary N) is 4. The number of ether oxygens (including phenoxy) is 1. The fourth-order valence-electron chi connectivity index (χ4n) is 7.11. The lowest BCUT2D eigenvalue weighted by atomic mass is 9.82. The smallest absolute Gasteiger partial charge is 0.289 e. The second-order valence-electron chi connectivity index (χ2n) is 15.8. The first-order valence-electron chi connectivity index (χ1n) is 19.3. The van der Waals surface area contributed by atoms with Gasteiger partial charge < -0.3 is 30.9 Å². The van der Waals surface area contributed by atoms with Crippen LogP contribution in [-0.2, 0) is 24.0 Å². The predicted molar refractivity (Wildman–Crippen MR) is 200 cm³/mol. The van der Waals surface area contributed by atoms with E-state index in [1.165, 1.54) is 35.6 Å². The summed E-state index contributed by atoms with van der Waals surface area (Å²) < 4.78 is 6.03. The monoisotopic (exact) mass is 777 g/mol. The molecular weight excluding hydrogens is 726 g/mol. The molecule has 2 aromatic rings. The van der Waals surface area contributed by atoms with Crippen LogP contribution in [0.5, 0.6) is 5.88 Å². The third-order valence-corrected chi connectivity index (χ3v) is 10.3. The number of likely N-dealkylation sites (tertiary alicyclic amines) is 1. The van der Waals surface area contributed by atoms with Crippen molar-refractivity contribution in [2.24, 2.45) is 11.3 Å². The van der Waals surface area contributed by atoms with E-state index in [-0.39, 0.29) is 48.6 Å². The Kier molecular flexibility index (Phi) is 13.7. The number of Topliss-reactive ketones (excluding diaryl/α,β-unsaturated/α-hetero) is 1. The van der Waals surface area contributed by atoms with Gasteiger partial charge >= 0.3 is 0 Å². The van der Waals surface area contributed by atoms with E-state index >= 15 is 0 Å². The number of carbonyl (C=O) groups is 6. The molecule has 1 saturated heterocycles. The van der Waals surface area contributed by atoms with Gasteiger partial charge in [0.25, 0.3) is 17.5 Å². The molecule has 3 heterocycles. The van der Waals surface area contributed by atoms with E-state index in [1.54, 1.807) is 20.8 Å². The van der Waals surface area contributed by atoms with Crippen LogP contribution < -0.4 is 26.0 Å². The van der Waals surface area contributed by atoms with Crippen LogP contribution in [-0.4, -0.2) is 103 Å². The average molecular weight is 778 g/mol. The molecule has 2 aromatic heterocycles. The number of nitro groups is 1. The second-order valence-corrected chi connectivity index (χ2v) is 15.8. The number of hydrogen-bond donors (Lipinski definition) is 4. The van der Waals surface area contributed by atoms with Gasteiger partial charge in [-0.15, -0.1) is 0 Å². The molecule has 3 aliphatic rings. The van der Waals surface area contributed by atoms with Gasteiger partial charge in [-0.2, -0.15) is 0 Å². The molecule has 5 rings (SSSR count). The Labute approximate surface area is 324 Å². The lowest BCUT2D eigenvalue weighted by molar-refractivity contribution is -0.385. The number of nitrogens with zero attached hydrogens (tertiary/aromatic N) is 5. The highest BCUT2D eigenvalue weighted by Crippen LogP contribution is 2.31. The molecule has 3 fully saturated rings. The molecule has 18 heteroatoms. The van der Waals surface area contributed by atoms with Crippen LogP contribution >= 0.6 is 0 Å². The normalized spacial score (nSPS) is 20.2. The SMILES string of the molecule is CCC[C@H](NC(=O)[C@@H]1C[C@@H](Oc2ccc([N+](=O)[O-])cn2)CN1C(=O)[C@@H](NC(=O)[C@@H](NC(=O)c1cnccn1)C1CCCCC1)C(C)(C)C)C(=O)C(=O)NC1CC1. The molecule has 2 saturated carbocycles. The number of rotatable bonds is 16. The fourth-order valence-corrected chi connectivity index (χ4v) is 7.11. The van der Waals surface area contributed by atoms with Gasteiger partial charge in [0.15, 0.2) is 0 Å². The van der Waals surface area contributed by atoms with Gasteiger partial charge in [0.2, 0.25) is 29.4 Å². The molecule has 4 N–H and O–H groups in total. The zero-order valence-corrected chi connectivity index (χ0v) is 32.2. The lowest BCUT2D eigenvalue weighted by Crippen LogP contribution is -2.62. The maximum Gasteiger partial charge on any atom is 0.289 e. The second kappa shape index (κ2) is 18.4. The summed E-state index contributed by atoms with van der Waals surface area (Å²) in [4.78, 5) is 106. The van der Waals surface area contributed by atoms with Gasteiger partial charge in [-0.05, 0) is 43.4 Å². The van der Waals surface area contributed by atoms with Crippen molar-refractivity contribution in [2.75, 3.05) is 6.54 Å². The molecule has 18 nitrogen and oxygen atoms in total. The highest BCUT2D eigenvalue weighted by Gasteiger charge is 2.47. The molecule has 1 aliphatic heterocycles. The third-order valence-electron chi connectivity index (χ3n) is 10.3. The third kappa shape index (κ3) is 10.8. The molecule has 0 bridgehead atoms. The number of hydrogen-bond acceptors (Lipinski definition) is 12. The summed E-state index contributed by atoms with van der Waals surface area (Å²) in [6.07, 6.45) is 10.6. The standard InChI is InChI=1S/C38H51N9O9/c1-5-9-26(31(48)36(52)42-23-12-13-23)43-34(50)28-18-25(56-29-15-14-24(19-41-29)47(54)55)21-46(28)37(53)32(38(2,3)4)45-35(51)30(22-10-7-6-8-11-22)44-33(49)27-20-39-16-17-40-27/h14-17,19-20,22-23,25-26,28,30,32H,5-13,18,21H2,1-4H3,(H,42,52)(H,43,50)(H,44,49)(H,45,51)/t25-,26+,28+,30+,32-/m1/s1. The van der Waals surface area contributed by atoms with E-state index in [2.05, 4.69) is 36.2 Å². The van der Waals surface area contributed by atoms with Gasteiger partial charge in [-0.1, -0.05) is 53.4 Å². The Morgan fingerprint density at radius 2 is 1.70 bits per heavy atom. The summed E-state index contributed by atoms with van der Waals surface area (Å²) in [6, 6.07) is -2.07. The number of ketones is 1. The van der Waals surface area contributed by atoms with Crippen molar-refractivity contribution in [1.29, 1.82) is 0 Å². The van der Waals surface area contributed by atoms with Crippen molar-refractivity contribution in [3.05, 3.63) is 52.7 Å². The van der Waals surface area contributed by atoms with E-state index in [1.807, 2.05) is 6.92 Å². The van der Waals surface area contributed by atoms with Crippen LogP contribution in [0.2, 0.25) is 0 Å². The lowest BCUT2D eigenvalue weighted by Gasteiger charge is -2.37. The topological polar surface area (TPSA) is 245 Å². The molecule has 302 valence electrons. The highest BCUT2D eigenvalue weighted by atomic mass is 16.6. The Morgan fingerprint density at radius 1 is 0.964 bits per heavy atom. The quantitative estimate of drug-likeness (QED) is 0.109. The maximum absolute atomic E-state index is 14.7. The van der Waals surface area contributed by atoms with Gasteiger partial charge in [0.1, 0.15) is 36.1 Å². The van der Waals surface area contributed by atoms with Crippen molar-refractivity contribution in [3.8, 4) is 5.88 Å². The Balaban J connectivity index is 1.40. The summed E-state index contributed by atoms with van der Waals surface area (Å²) in [5, 5.41) is 22.3. The van der Waals surface area contributed by atoms with Crippen LogP contribution in [0.3, 0.4) is 0 Å². The average Bonchev–Trinajstić information content (AvgIpc) is 3.90. The zero-order chi connectivity index (χ0) is 40.6. The van der Waals surface area contributed by atoms with E-state index in [4.69, 9.17) is 4.74 Å². The maximum atomic E-state index is 14.7. The highest BCUT2D eigenvalue weighted by molar-refractivity contribution is 6.38. The van der Waals surface area contributed by atoms with Crippen molar-refractivity contribution in [2.45, 2.75) is 128 Å². The van der Waals surface area contributed by atoms with E-state index < -0.39 is 75.9 Å². The summed E-state index contributed by atoms with van der Waals surface area (Å²) in [7, 11) is 0. The fraction of sp³-hybridized carbons (Fsp3) is 0.605. The first-order chi connectivity index (χ1) is 26.7. The summed E-state index contributed by atoms with van der Waals surface area (Å²) in [6.45, 7) is 6.96. The first kappa shape index (κ1) is 41.6. The number of pyridine rings is 1. The summed E-state index contributed by atoms with van der Waals surface area (Å²) in [5.74, 6) is -4.21. The Bertz CT molecular complexity index is 1760. The number of amides is 5. The predicted octanol–water partition coefficient (Wildman–Crippen LogP) is 2.17. The minimum atomic E-state index is -1.20. The van der Waals surface area contributed by atoms with Crippen molar-refractivity contribution in [3.63, 3.8) is 0 Å². The first-order valence-corrected chi connectivity index (χ1v) is 19.3. The van der Waals surface area contributed by atoms with Crippen LogP contribution in [0.25, 0.3) is 0 Å². The Morgan fingerprint density at radius 3 is 2.29 bits per heavy atom. The van der Waals surface area contributed by atoms with E-state index in [9.17, 15) is 38.9 Å². The van der Waals surface area contributed by atoms with Crippen molar-refractivity contribution in [1.82, 2.24) is 41.1 Å². The van der Waals surface area contributed by atoms with Crippen LogP contribution in [0, 0.1) is 21.4 Å². The molecule has 0 radical (unpaired) electrons. The van der Waals surface area contributed by atoms with Gasteiger partial charge in [0.05, 0.1) is 23.7 Å². The summed E-state index contributed by atoms with van der Waals surface area (Å²) in [5.41, 5.74) is -1.12. The molecule has 0 aromatic carbocycles. The van der Waals surface area contributed by atoms with Crippen molar-refractivity contribution < 1.29 is 38.4 Å². The molecule has 0 spiro atoms. The molecule has 0 unspecified atom stereocenters. The summed E-state index contributed by atoms with van der Waals surface area (Å²) >= 11 is 0. The molecule has 2 aliphatic carbocycles. The largest absolute Gasteiger partial charge is 0.472 e. The minimum absolute atomic E-state index is 0.0275. The van der Waals surface area contributed by atoms with Gasteiger partial charge in [0, 0.05) is 37.0 Å². The molecular formula is C38H51N9O9. The van der Waals surface area contributed by atoms with Crippen LogP contribution in [0.4, 0.5) is 5.69 Å². The van der Waals surface area contributed by atoms with Crippen LogP contribution in [0.15, 0.2) is 36.9 Å². The molecule has 56 heavy (non-hydrogen) atoms. The van der Waals surface area contributed by atoms with Gasteiger partial charge in [-0.3, -0.25) is 43.9 Å². The number of aromatic nitrogens is 3. The molecule has 5 amide bonds. The Hall–Kier alpha value is -5.55. The van der Waals surface area contributed by atoms with Crippen molar-refractivity contribution >= 4 is 41.0 Å². The van der Waals surface area contributed by atoms with E-state index in [0.29, 0.717) is 19.3 Å².